The Bertz CT molecular complexity index is 452. The van der Waals surface area contributed by atoms with Crippen LogP contribution in [0.25, 0.3) is 0 Å². The Morgan fingerprint density at radius 2 is 2.12 bits per heavy atom. The third kappa shape index (κ3) is 1.85. The van der Waals surface area contributed by atoms with Crippen LogP contribution in [-0.2, 0) is 17.7 Å². The number of rotatable bonds is 1. The number of nitrogens with zero attached hydrogens (tertiary/aromatic N) is 3. The zero-order valence-corrected chi connectivity index (χ0v) is 9.98. The molecule has 0 atom stereocenters. The Morgan fingerprint density at radius 3 is 2.88 bits per heavy atom. The largest absolute Gasteiger partial charge is 0.381 e. The Kier molecular flexibility index (Phi) is 2.86. The summed E-state index contributed by atoms with van der Waals surface area (Å²) in [4.78, 5) is 4.58. The highest BCUT2D eigenvalue weighted by molar-refractivity contribution is 5.31. The lowest BCUT2D eigenvalue weighted by atomic mass is 9.99. The van der Waals surface area contributed by atoms with Crippen LogP contribution in [0.2, 0.25) is 0 Å². The number of aromatic nitrogens is 2. The molecule has 0 aliphatic carbocycles. The highest BCUT2D eigenvalue weighted by Gasteiger charge is 2.26. The van der Waals surface area contributed by atoms with E-state index in [1.807, 2.05) is 0 Å². The molecule has 0 radical (unpaired) electrons. The molecule has 0 aromatic carbocycles. The minimum atomic E-state index is 0.489. The van der Waals surface area contributed by atoms with E-state index in [1.165, 1.54) is 18.5 Å². The first-order chi connectivity index (χ1) is 8.40. The van der Waals surface area contributed by atoms with Crippen LogP contribution in [-0.4, -0.2) is 22.8 Å². The lowest BCUT2D eigenvalue weighted by molar-refractivity contribution is 0.0826. The highest BCUT2D eigenvalue weighted by atomic mass is 16.5. The number of fused-ring (bicyclic) bond motifs is 1. The van der Waals surface area contributed by atoms with Crippen LogP contribution in [0.3, 0.4) is 0 Å². The maximum atomic E-state index is 9.15. The van der Waals surface area contributed by atoms with Crippen LogP contribution in [0, 0.1) is 11.3 Å². The van der Waals surface area contributed by atoms with Gasteiger partial charge < -0.3 is 9.30 Å². The molecule has 0 saturated carbocycles. The number of hydrogen-bond acceptors (Lipinski definition) is 3. The van der Waals surface area contributed by atoms with E-state index in [0.717, 1.165) is 44.8 Å². The summed E-state index contributed by atoms with van der Waals surface area (Å²) in [5, 5.41) is 9.15. The molecule has 0 unspecified atom stereocenters. The van der Waals surface area contributed by atoms with Gasteiger partial charge in [0, 0.05) is 25.7 Å². The Morgan fingerprint density at radius 1 is 1.29 bits per heavy atom. The van der Waals surface area contributed by atoms with Gasteiger partial charge in [0.15, 0.2) is 5.69 Å². The third-order valence-corrected chi connectivity index (χ3v) is 3.84. The second kappa shape index (κ2) is 4.50. The van der Waals surface area contributed by atoms with E-state index in [1.54, 1.807) is 0 Å². The normalized spacial score (nSPS) is 20.9. The van der Waals surface area contributed by atoms with Crippen LogP contribution >= 0.6 is 0 Å². The van der Waals surface area contributed by atoms with Gasteiger partial charge in [-0.2, -0.15) is 5.26 Å². The molecule has 3 rings (SSSR count). The van der Waals surface area contributed by atoms with Crippen LogP contribution in [0.15, 0.2) is 0 Å². The second-order valence-electron chi connectivity index (χ2n) is 4.87. The fourth-order valence-electron chi connectivity index (χ4n) is 2.93. The Labute approximate surface area is 101 Å². The second-order valence-corrected chi connectivity index (χ2v) is 4.87. The van der Waals surface area contributed by atoms with Crippen molar-refractivity contribution in [1.29, 1.82) is 5.26 Å². The number of ether oxygens (including phenoxy) is 1. The van der Waals surface area contributed by atoms with Crippen molar-refractivity contribution in [2.24, 2.45) is 0 Å². The number of nitriles is 1. The van der Waals surface area contributed by atoms with E-state index in [4.69, 9.17) is 10.00 Å². The van der Waals surface area contributed by atoms with Crippen LogP contribution in [0.4, 0.5) is 0 Å². The molecule has 3 heterocycles. The minimum absolute atomic E-state index is 0.489. The number of imidazole rings is 1. The summed E-state index contributed by atoms with van der Waals surface area (Å²) in [6.07, 6.45) is 5.50. The van der Waals surface area contributed by atoms with Gasteiger partial charge in [0.05, 0.1) is 5.69 Å². The van der Waals surface area contributed by atoms with Gasteiger partial charge in [-0.3, -0.25) is 0 Å². The first-order valence-corrected chi connectivity index (χ1v) is 6.47. The van der Waals surface area contributed by atoms with Gasteiger partial charge >= 0.3 is 0 Å². The van der Waals surface area contributed by atoms with E-state index in [2.05, 4.69) is 15.6 Å². The molecule has 90 valence electrons. The summed E-state index contributed by atoms with van der Waals surface area (Å²) in [6.45, 7) is 2.69. The van der Waals surface area contributed by atoms with E-state index >= 15 is 0 Å². The Balaban J connectivity index is 1.98. The van der Waals surface area contributed by atoms with Crippen molar-refractivity contribution < 1.29 is 4.74 Å². The van der Waals surface area contributed by atoms with Crippen molar-refractivity contribution in [3.8, 4) is 6.07 Å². The standard InChI is InChI=1S/C13H17N3O/c14-9-11-12-3-1-2-6-16(12)13(15-11)10-4-7-17-8-5-10/h10H,1-8H2. The van der Waals surface area contributed by atoms with Gasteiger partial charge in [0.1, 0.15) is 11.9 Å². The van der Waals surface area contributed by atoms with Crippen LogP contribution < -0.4 is 0 Å². The van der Waals surface area contributed by atoms with Gasteiger partial charge in [0.25, 0.3) is 0 Å². The van der Waals surface area contributed by atoms with Gasteiger partial charge in [-0.25, -0.2) is 4.98 Å². The van der Waals surface area contributed by atoms with Crippen molar-refractivity contribution in [2.75, 3.05) is 13.2 Å². The molecule has 0 spiro atoms. The van der Waals surface area contributed by atoms with Gasteiger partial charge in [-0.05, 0) is 32.1 Å². The molecule has 2 aliphatic rings. The predicted molar refractivity (Wildman–Crippen MR) is 62.7 cm³/mol. The molecule has 17 heavy (non-hydrogen) atoms. The first-order valence-electron chi connectivity index (χ1n) is 6.47. The zero-order valence-electron chi connectivity index (χ0n) is 9.98. The van der Waals surface area contributed by atoms with Crippen LogP contribution in [0.5, 0.6) is 0 Å². The van der Waals surface area contributed by atoms with Crippen LogP contribution in [0.1, 0.15) is 48.8 Å². The summed E-state index contributed by atoms with van der Waals surface area (Å²) in [6, 6.07) is 2.25. The average Bonchev–Trinajstić information content (AvgIpc) is 2.78. The fourth-order valence-corrected chi connectivity index (χ4v) is 2.93. The van der Waals surface area contributed by atoms with Crippen molar-refractivity contribution in [3.05, 3.63) is 17.2 Å². The molecule has 4 nitrogen and oxygen atoms in total. The maximum absolute atomic E-state index is 9.15. The van der Waals surface area contributed by atoms with E-state index < -0.39 is 0 Å². The topological polar surface area (TPSA) is 50.8 Å². The highest BCUT2D eigenvalue weighted by Crippen LogP contribution is 2.30. The predicted octanol–water partition coefficient (Wildman–Crippen LogP) is 1.99. The molecule has 0 bridgehead atoms. The van der Waals surface area contributed by atoms with E-state index in [9.17, 15) is 0 Å². The zero-order chi connectivity index (χ0) is 11.7. The molecular formula is C13H17N3O. The summed E-state index contributed by atoms with van der Waals surface area (Å²) in [5.74, 6) is 1.63. The summed E-state index contributed by atoms with van der Waals surface area (Å²) in [5.41, 5.74) is 1.83. The van der Waals surface area contributed by atoms with E-state index in [-0.39, 0.29) is 0 Å². The molecule has 0 amide bonds. The molecule has 4 heteroatoms. The average molecular weight is 231 g/mol. The SMILES string of the molecule is N#Cc1nc(C2CCOCC2)n2c1CCCC2. The van der Waals surface area contributed by atoms with Crippen molar-refractivity contribution in [2.45, 2.75) is 44.6 Å². The lowest BCUT2D eigenvalue weighted by Gasteiger charge is -2.24. The summed E-state index contributed by atoms with van der Waals surface area (Å²) >= 11 is 0. The first kappa shape index (κ1) is 10.8. The van der Waals surface area contributed by atoms with Crippen molar-refractivity contribution in [3.63, 3.8) is 0 Å². The molecule has 1 saturated heterocycles. The molecule has 1 fully saturated rings. The third-order valence-electron chi connectivity index (χ3n) is 3.84. The molecule has 1 aromatic rings. The minimum Gasteiger partial charge on any atom is -0.381 e. The number of hydrogen-bond donors (Lipinski definition) is 0. The molecule has 0 N–H and O–H groups in total. The summed E-state index contributed by atoms with van der Waals surface area (Å²) in [7, 11) is 0. The van der Waals surface area contributed by atoms with Gasteiger partial charge in [-0.1, -0.05) is 0 Å². The van der Waals surface area contributed by atoms with Gasteiger partial charge in [-0.15, -0.1) is 0 Å². The van der Waals surface area contributed by atoms with E-state index in [0.29, 0.717) is 11.6 Å². The molecule has 1 aromatic heterocycles. The van der Waals surface area contributed by atoms with Crippen molar-refractivity contribution >= 4 is 0 Å². The molecule has 2 aliphatic heterocycles. The lowest BCUT2D eigenvalue weighted by Crippen LogP contribution is -2.20. The monoisotopic (exact) mass is 231 g/mol. The van der Waals surface area contributed by atoms with Gasteiger partial charge in [0.2, 0.25) is 0 Å². The maximum Gasteiger partial charge on any atom is 0.161 e. The quantitative estimate of drug-likeness (QED) is 0.742. The Hall–Kier alpha value is -1.34. The molecular weight excluding hydrogens is 214 g/mol. The fraction of sp³-hybridized carbons (Fsp3) is 0.692. The van der Waals surface area contributed by atoms with Crippen molar-refractivity contribution in [1.82, 2.24) is 9.55 Å². The summed E-state index contributed by atoms with van der Waals surface area (Å²) < 4.78 is 7.70. The smallest absolute Gasteiger partial charge is 0.161 e.